The van der Waals surface area contributed by atoms with Crippen LogP contribution in [0.25, 0.3) is 0 Å². The lowest BCUT2D eigenvalue weighted by Crippen LogP contribution is -2.33. The Labute approximate surface area is 168 Å². The summed E-state index contributed by atoms with van der Waals surface area (Å²) in [6.45, 7) is 4.77. The number of halogens is 1. The van der Waals surface area contributed by atoms with Gasteiger partial charge in [0.25, 0.3) is 0 Å². The smallest absolute Gasteiger partial charge is 0.321 e. The molecule has 2 N–H and O–H groups in total. The molecule has 3 rings (SSSR count). The zero-order valence-electron chi connectivity index (χ0n) is 15.2. The summed E-state index contributed by atoms with van der Waals surface area (Å²) in [5.74, 6) is 1.30. The van der Waals surface area contributed by atoms with E-state index >= 15 is 0 Å². The molecule has 1 heterocycles. The predicted octanol–water partition coefficient (Wildman–Crippen LogP) is 4.20. The molecule has 1 fully saturated rings. The summed E-state index contributed by atoms with van der Waals surface area (Å²) in [6, 6.07) is 11.0. The van der Waals surface area contributed by atoms with Crippen LogP contribution in [0.4, 0.5) is 0 Å². The van der Waals surface area contributed by atoms with Crippen molar-refractivity contribution in [1.29, 1.82) is 0 Å². The molecule has 1 aliphatic heterocycles. The molecule has 0 spiro atoms. The Morgan fingerprint density at radius 1 is 1.15 bits per heavy atom. The Balaban J connectivity index is 1.46. The van der Waals surface area contributed by atoms with E-state index in [0.717, 1.165) is 33.2 Å². The van der Waals surface area contributed by atoms with Gasteiger partial charge < -0.3 is 14.6 Å². The van der Waals surface area contributed by atoms with Crippen molar-refractivity contribution in [3.63, 3.8) is 0 Å². The van der Waals surface area contributed by atoms with Gasteiger partial charge in [0.05, 0.1) is 5.37 Å². The fourth-order valence-electron chi connectivity index (χ4n) is 2.85. The van der Waals surface area contributed by atoms with E-state index in [-0.39, 0.29) is 5.37 Å². The van der Waals surface area contributed by atoms with Crippen molar-refractivity contribution in [3.8, 4) is 11.5 Å². The third kappa shape index (κ3) is 5.09. The molecular weight excluding hydrogens is 386 g/mol. The van der Waals surface area contributed by atoms with Gasteiger partial charge in [0.1, 0.15) is 30.8 Å². The normalized spacial score (nSPS) is 19.1. The summed E-state index contributed by atoms with van der Waals surface area (Å²) in [4.78, 5) is 11.0. The first kappa shape index (κ1) is 19.9. The first-order valence-corrected chi connectivity index (χ1v) is 10.1. The van der Waals surface area contributed by atoms with Crippen molar-refractivity contribution >= 4 is 29.3 Å². The topological polar surface area (TPSA) is 67.8 Å². The first-order chi connectivity index (χ1) is 12.9. The van der Waals surface area contributed by atoms with Crippen LogP contribution in [0.5, 0.6) is 11.5 Å². The molecule has 0 radical (unpaired) electrons. The number of thioether (sulfide) groups is 1. The molecule has 2 atom stereocenters. The lowest BCUT2D eigenvalue weighted by atomic mass is 10.1. The van der Waals surface area contributed by atoms with Crippen molar-refractivity contribution in [2.24, 2.45) is 0 Å². The van der Waals surface area contributed by atoms with Crippen LogP contribution in [-0.4, -0.2) is 36.1 Å². The maximum Gasteiger partial charge on any atom is 0.321 e. The van der Waals surface area contributed by atoms with E-state index < -0.39 is 12.0 Å². The predicted molar refractivity (Wildman–Crippen MR) is 108 cm³/mol. The standard InChI is InChI=1S/C20H22ClNO4S/c1-12-9-16(10-13(2)18(12)21)26-8-7-25-15-5-3-14(4-6-15)19-22-17(11-27-19)20(23)24/h3-6,9-10,17,19,22H,7-8,11H2,1-2H3,(H,23,24). The molecule has 7 heteroatoms. The Morgan fingerprint density at radius 3 is 2.30 bits per heavy atom. The van der Waals surface area contributed by atoms with Crippen molar-refractivity contribution in [3.05, 3.63) is 58.1 Å². The highest BCUT2D eigenvalue weighted by atomic mass is 35.5. The Hall–Kier alpha value is -1.89. The number of carboxylic acid groups (broad SMARTS) is 1. The third-order valence-electron chi connectivity index (χ3n) is 4.29. The van der Waals surface area contributed by atoms with Gasteiger partial charge in [-0.1, -0.05) is 23.7 Å². The maximum absolute atomic E-state index is 11.0. The number of aryl methyl sites for hydroxylation is 2. The minimum atomic E-state index is -0.809. The molecule has 27 heavy (non-hydrogen) atoms. The minimum Gasteiger partial charge on any atom is -0.490 e. The van der Waals surface area contributed by atoms with E-state index in [9.17, 15) is 4.79 Å². The number of ether oxygens (including phenoxy) is 2. The summed E-state index contributed by atoms with van der Waals surface area (Å²) in [6.07, 6.45) is 0. The third-order valence-corrected chi connectivity index (χ3v) is 6.16. The van der Waals surface area contributed by atoms with Crippen molar-refractivity contribution in [2.75, 3.05) is 19.0 Å². The van der Waals surface area contributed by atoms with Gasteiger partial charge in [0.2, 0.25) is 0 Å². The van der Waals surface area contributed by atoms with Crippen molar-refractivity contribution in [1.82, 2.24) is 5.32 Å². The van der Waals surface area contributed by atoms with Crippen LogP contribution < -0.4 is 14.8 Å². The highest BCUT2D eigenvalue weighted by Crippen LogP contribution is 2.33. The largest absolute Gasteiger partial charge is 0.490 e. The van der Waals surface area contributed by atoms with Gasteiger partial charge in [0, 0.05) is 10.8 Å². The Morgan fingerprint density at radius 2 is 1.74 bits per heavy atom. The molecule has 2 aromatic carbocycles. The summed E-state index contributed by atoms with van der Waals surface area (Å²) in [7, 11) is 0. The molecule has 0 saturated carbocycles. The van der Waals surface area contributed by atoms with Crippen LogP contribution in [0.15, 0.2) is 36.4 Å². The summed E-state index contributed by atoms with van der Waals surface area (Å²) in [5.41, 5.74) is 3.03. The molecule has 2 unspecified atom stereocenters. The number of nitrogens with one attached hydrogen (secondary N) is 1. The second-order valence-corrected chi connectivity index (χ2v) is 7.92. The van der Waals surface area contributed by atoms with E-state index in [2.05, 4.69) is 5.32 Å². The van der Waals surface area contributed by atoms with Crippen LogP contribution in [-0.2, 0) is 4.79 Å². The van der Waals surface area contributed by atoms with Gasteiger partial charge in [-0.25, -0.2) is 0 Å². The van der Waals surface area contributed by atoms with Crippen LogP contribution >= 0.6 is 23.4 Å². The van der Waals surface area contributed by atoms with Crippen LogP contribution in [0.1, 0.15) is 22.1 Å². The Kier molecular flexibility index (Phi) is 6.52. The molecule has 144 valence electrons. The number of hydrogen-bond acceptors (Lipinski definition) is 5. The van der Waals surface area contributed by atoms with Crippen LogP contribution in [0.2, 0.25) is 5.02 Å². The maximum atomic E-state index is 11.0. The van der Waals surface area contributed by atoms with E-state index in [4.69, 9.17) is 26.2 Å². The summed E-state index contributed by atoms with van der Waals surface area (Å²) in [5, 5.41) is 12.9. The SMILES string of the molecule is Cc1cc(OCCOc2ccc(C3NC(C(=O)O)CS3)cc2)cc(C)c1Cl. The van der Waals surface area contributed by atoms with Crippen molar-refractivity contribution < 1.29 is 19.4 Å². The second-order valence-electron chi connectivity index (χ2n) is 6.41. The van der Waals surface area contributed by atoms with Gasteiger partial charge in [-0.3, -0.25) is 10.1 Å². The molecule has 2 aromatic rings. The number of carbonyl (C=O) groups is 1. The minimum absolute atomic E-state index is 0.000123. The monoisotopic (exact) mass is 407 g/mol. The molecule has 5 nitrogen and oxygen atoms in total. The molecule has 0 amide bonds. The van der Waals surface area contributed by atoms with Gasteiger partial charge in [-0.2, -0.15) is 0 Å². The highest BCUT2D eigenvalue weighted by molar-refractivity contribution is 7.99. The average molecular weight is 408 g/mol. The number of benzene rings is 2. The van der Waals surface area contributed by atoms with E-state index in [1.165, 1.54) is 0 Å². The highest BCUT2D eigenvalue weighted by Gasteiger charge is 2.30. The number of carboxylic acids is 1. The van der Waals surface area contributed by atoms with Gasteiger partial charge >= 0.3 is 5.97 Å². The first-order valence-electron chi connectivity index (χ1n) is 8.67. The van der Waals surface area contributed by atoms with E-state index in [1.807, 2.05) is 50.2 Å². The number of hydrogen-bond donors (Lipinski definition) is 2. The lowest BCUT2D eigenvalue weighted by Gasteiger charge is -2.13. The Bertz CT molecular complexity index is 789. The lowest BCUT2D eigenvalue weighted by molar-refractivity contribution is -0.138. The molecule has 1 aliphatic rings. The van der Waals surface area contributed by atoms with E-state index in [1.54, 1.807) is 11.8 Å². The van der Waals surface area contributed by atoms with Gasteiger partial charge in [-0.05, 0) is 54.8 Å². The molecule has 0 bridgehead atoms. The van der Waals surface area contributed by atoms with Gasteiger partial charge in [0.15, 0.2) is 0 Å². The number of aliphatic carboxylic acids is 1. The zero-order chi connectivity index (χ0) is 19.4. The van der Waals surface area contributed by atoms with Crippen LogP contribution in [0.3, 0.4) is 0 Å². The summed E-state index contributed by atoms with van der Waals surface area (Å²) < 4.78 is 11.4. The fraction of sp³-hybridized carbons (Fsp3) is 0.350. The molecular formula is C20H22ClNO4S. The number of rotatable bonds is 7. The second kappa shape index (κ2) is 8.87. The zero-order valence-corrected chi connectivity index (χ0v) is 16.8. The molecule has 0 aromatic heterocycles. The quantitative estimate of drug-likeness (QED) is 0.670. The fourth-order valence-corrected chi connectivity index (χ4v) is 4.20. The molecule has 1 saturated heterocycles. The average Bonchev–Trinajstić information content (AvgIpc) is 3.14. The van der Waals surface area contributed by atoms with Gasteiger partial charge in [-0.15, -0.1) is 11.8 Å². The van der Waals surface area contributed by atoms with Crippen molar-refractivity contribution in [2.45, 2.75) is 25.3 Å². The van der Waals surface area contributed by atoms with Crippen LogP contribution in [0, 0.1) is 13.8 Å². The van der Waals surface area contributed by atoms with E-state index in [0.29, 0.717) is 19.0 Å². The molecule has 0 aliphatic carbocycles. The summed E-state index contributed by atoms with van der Waals surface area (Å²) >= 11 is 7.76.